The molecular weight excluding hydrogens is 234 g/mol. The molecular formula is C10H11N7O. The number of amides is 1. The van der Waals surface area contributed by atoms with Crippen molar-refractivity contribution in [3.05, 3.63) is 42.4 Å². The summed E-state index contributed by atoms with van der Waals surface area (Å²) in [4.78, 5) is 27.3. The number of hydrogen-bond acceptors (Lipinski definition) is 7. The van der Waals surface area contributed by atoms with E-state index in [1.807, 2.05) is 0 Å². The van der Waals surface area contributed by atoms with Crippen molar-refractivity contribution in [3.63, 3.8) is 0 Å². The summed E-state index contributed by atoms with van der Waals surface area (Å²) in [6.45, 7) is 0.295. The maximum atomic E-state index is 11.8. The molecule has 0 spiro atoms. The van der Waals surface area contributed by atoms with E-state index in [1.165, 1.54) is 18.7 Å². The molecule has 0 bridgehead atoms. The van der Waals surface area contributed by atoms with Gasteiger partial charge in [-0.05, 0) is 6.07 Å². The van der Waals surface area contributed by atoms with E-state index in [0.29, 0.717) is 18.1 Å². The molecule has 1 amide bonds. The molecule has 0 atom stereocenters. The van der Waals surface area contributed by atoms with Crippen LogP contribution in [0.4, 0.5) is 5.82 Å². The molecule has 8 heteroatoms. The topological polar surface area (TPSA) is 119 Å². The third kappa shape index (κ3) is 2.95. The maximum absolute atomic E-state index is 11.8. The van der Waals surface area contributed by atoms with Crippen molar-refractivity contribution in [1.82, 2.24) is 25.3 Å². The summed E-state index contributed by atoms with van der Waals surface area (Å²) in [7, 11) is 0. The second kappa shape index (κ2) is 5.64. The molecule has 2 aromatic heterocycles. The van der Waals surface area contributed by atoms with Gasteiger partial charge in [-0.1, -0.05) is 0 Å². The predicted octanol–water partition coefficient (Wildman–Crippen LogP) is -0.518. The summed E-state index contributed by atoms with van der Waals surface area (Å²) in [6.07, 6.45) is 5.80. The predicted molar refractivity (Wildman–Crippen MR) is 63.0 cm³/mol. The molecule has 0 aromatic carbocycles. The van der Waals surface area contributed by atoms with Gasteiger partial charge in [-0.3, -0.25) is 9.78 Å². The first-order valence-corrected chi connectivity index (χ1v) is 5.11. The summed E-state index contributed by atoms with van der Waals surface area (Å²) in [5, 5.41) is 2.67. The minimum Gasteiger partial charge on any atom is -0.345 e. The lowest BCUT2D eigenvalue weighted by Gasteiger charge is -2.04. The molecule has 2 heterocycles. The van der Waals surface area contributed by atoms with Crippen molar-refractivity contribution >= 4 is 11.7 Å². The van der Waals surface area contributed by atoms with Gasteiger partial charge in [-0.2, -0.15) is 0 Å². The Hall–Kier alpha value is -2.61. The summed E-state index contributed by atoms with van der Waals surface area (Å²) in [5.74, 6) is 5.16. The number of carbonyl (C=O) groups excluding carboxylic acids is 1. The zero-order valence-electron chi connectivity index (χ0n) is 9.37. The lowest BCUT2D eigenvalue weighted by molar-refractivity contribution is 0.0945. The van der Waals surface area contributed by atoms with Crippen LogP contribution in [0.15, 0.2) is 31.0 Å². The minimum absolute atomic E-state index is 0.180. The van der Waals surface area contributed by atoms with Gasteiger partial charge in [0.1, 0.15) is 12.0 Å². The van der Waals surface area contributed by atoms with Crippen LogP contribution < -0.4 is 16.6 Å². The summed E-state index contributed by atoms with van der Waals surface area (Å²) in [6, 6.07) is 1.71. The van der Waals surface area contributed by atoms with Crippen molar-refractivity contribution in [1.29, 1.82) is 0 Å². The maximum Gasteiger partial charge on any atom is 0.271 e. The molecule has 0 aliphatic carbocycles. The monoisotopic (exact) mass is 245 g/mol. The van der Waals surface area contributed by atoms with E-state index < -0.39 is 0 Å². The molecule has 0 saturated heterocycles. The van der Waals surface area contributed by atoms with Gasteiger partial charge in [-0.15, -0.1) is 0 Å². The fourth-order valence-electron chi connectivity index (χ4n) is 1.23. The Balaban J connectivity index is 1.99. The number of aromatic nitrogens is 4. The Labute approximate surface area is 103 Å². The molecule has 8 nitrogen and oxygen atoms in total. The average molecular weight is 245 g/mol. The van der Waals surface area contributed by atoms with Gasteiger partial charge in [0, 0.05) is 6.20 Å². The first-order valence-electron chi connectivity index (χ1n) is 5.11. The standard InChI is InChI=1S/C10H11N7O/c11-17-9-5-13-4-8(16-9)10(18)14-3-7-1-2-12-6-15-7/h1-2,4-6H,3,11H2,(H,14,18)(H,16,17). The van der Waals surface area contributed by atoms with Crippen LogP contribution in [0, 0.1) is 0 Å². The van der Waals surface area contributed by atoms with Gasteiger partial charge in [0.05, 0.1) is 24.6 Å². The molecule has 2 aromatic rings. The first kappa shape index (κ1) is 11.9. The number of anilines is 1. The molecule has 0 aliphatic rings. The van der Waals surface area contributed by atoms with E-state index >= 15 is 0 Å². The van der Waals surface area contributed by atoms with Crippen LogP contribution in [0.3, 0.4) is 0 Å². The third-order valence-corrected chi connectivity index (χ3v) is 2.09. The van der Waals surface area contributed by atoms with Gasteiger partial charge in [0.2, 0.25) is 0 Å². The second-order valence-electron chi connectivity index (χ2n) is 3.32. The summed E-state index contributed by atoms with van der Waals surface area (Å²) in [5.41, 5.74) is 3.21. The van der Waals surface area contributed by atoms with Crippen LogP contribution >= 0.6 is 0 Å². The van der Waals surface area contributed by atoms with Crippen molar-refractivity contribution in [2.24, 2.45) is 5.84 Å². The smallest absolute Gasteiger partial charge is 0.271 e. The molecule has 0 aliphatic heterocycles. The second-order valence-corrected chi connectivity index (χ2v) is 3.32. The number of nitrogens with zero attached hydrogens (tertiary/aromatic N) is 4. The Morgan fingerprint density at radius 3 is 2.94 bits per heavy atom. The van der Waals surface area contributed by atoms with Gasteiger partial charge >= 0.3 is 0 Å². The highest BCUT2D eigenvalue weighted by Gasteiger charge is 2.08. The Morgan fingerprint density at radius 1 is 1.33 bits per heavy atom. The van der Waals surface area contributed by atoms with E-state index in [4.69, 9.17) is 5.84 Å². The minimum atomic E-state index is -0.349. The molecule has 2 rings (SSSR count). The molecule has 0 fully saturated rings. The Bertz CT molecular complexity index is 531. The number of nitrogens with one attached hydrogen (secondary N) is 2. The van der Waals surface area contributed by atoms with Crippen LogP contribution in [0.25, 0.3) is 0 Å². The van der Waals surface area contributed by atoms with E-state index in [0.717, 1.165) is 0 Å². The largest absolute Gasteiger partial charge is 0.345 e. The van der Waals surface area contributed by atoms with Gasteiger partial charge < -0.3 is 10.7 Å². The highest BCUT2D eigenvalue weighted by atomic mass is 16.1. The first-order chi connectivity index (χ1) is 8.79. The van der Waals surface area contributed by atoms with E-state index in [2.05, 4.69) is 30.7 Å². The van der Waals surface area contributed by atoms with Crippen molar-refractivity contribution in [2.45, 2.75) is 6.54 Å². The third-order valence-electron chi connectivity index (χ3n) is 2.09. The van der Waals surface area contributed by atoms with Crippen LogP contribution in [-0.4, -0.2) is 25.8 Å². The highest BCUT2D eigenvalue weighted by molar-refractivity contribution is 5.92. The molecule has 4 N–H and O–H groups in total. The van der Waals surface area contributed by atoms with Crippen molar-refractivity contribution in [3.8, 4) is 0 Å². The lowest BCUT2D eigenvalue weighted by Crippen LogP contribution is -2.25. The summed E-state index contributed by atoms with van der Waals surface area (Å²) >= 11 is 0. The molecule has 0 unspecified atom stereocenters. The average Bonchev–Trinajstić information content (AvgIpc) is 2.46. The number of rotatable bonds is 4. The van der Waals surface area contributed by atoms with Gasteiger partial charge in [0.15, 0.2) is 5.82 Å². The zero-order chi connectivity index (χ0) is 12.8. The van der Waals surface area contributed by atoms with Crippen LogP contribution in [0.1, 0.15) is 16.2 Å². The summed E-state index contributed by atoms with van der Waals surface area (Å²) < 4.78 is 0. The normalized spacial score (nSPS) is 9.83. The molecule has 0 saturated carbocycles. The van der Waals surface area contributed by atoms with Crippen molar-refractivity contribution < 1.29 is 4.79 Å². The van der Waals surface area contributed by atoms with Crippen molar-refractivity contribution in [2.75, 3.05) is 5.43 Å². The van der Waals surface area contributed by atoms with Crippen LogP contribution in [0.5, 0.6) is 0 Å². The van der Waals surface area contributed by atoms with E-state index in [1.54, 1.807) is 12.3 Å². The number of nitrogens with two attached hydrogens (primary N) is 1. The van der Waals surface area contributed by atoms with Crippen LogP contribution in [-0.2, 0) is 6.54 Å². The quantitative estimate of drug-likeness (QED) is 0.490. The lowest BCUT2D eigenvalue weighted by atomic mass is 10.3. The fraction of sp³-hybridized carbons (Fsp3) is 0.100. The van der Waals surface area contributed by atoms with E-state index in [-0.39, 0.29) is 11.6 Å². The fourth-order valence-corrected chi connectivity index (χ4v) is 1.23. The number of hydrogen-bond donors (Lipinski definition) is 3. The number of carbonyl (C=O) groups is 1. The molecule has 18 heavy (non-hydrogen) atoms. The van der Waals surface area contributed by atoms with Gasteiger partial charge in [0.25, 0.3) is 5.91 Å². The number of hydrazine groups is 1. The molecule has 92 valence electrons. The highest BCUT2D eigenvalue weighted by Crippen LogP contribution is 2.00. The van der Waals surface area contributed by atoms with Crippen LogP contribution in [0.2, 0.25) is 0 Å². The SMILES string of the molecule is NNc1cncc(C(=O)NCc2ccncn2)n1. The van der Waals surface area contributed by atoms with E-state index in [9.17, 15) is 4.79 Å². The Kier molecular flexibility index (Phi) is 3.72. The van der Waals surface area contributed by atoms with Gasteiger partial charge in [-0.25, -0.2) is 20.8 Å². The zero-order valence-corrected chi connectivity index (χ0v) is 9.37. The Morgan fingerprint density at radius 2 is 2.22 bits per heavy atom. The molecule has 0 radical (unpaired) electrons. The number of nitrogen functional groups attached to an aromatic ring is 1.